The summed E-state index contributed by atoms with van der Waals surface area (Å²) in [4.78, 5) is 16.8. The molecule has 1 aromatic carbocycles. The summed E-state index contributed by atoms with van der Waals surface area (Å²) >= 11 is 1.46. The molecule has 0 unspecified atom stereocenters. The van der Waals surface area contributed by atoms with Crippen molar-refractivity contribution in [3.8, 4) is 5.75 Å². The van der Waals surface area contributed by atoms with Crippen molar-refractivity contribution in [3.63, 3.8) is 0 Å². The summed E-state index contributed by atoms with van der Waals surface area (Å²) < 4.78 is 5.06. The van der Waals surface area contributed by atoms with E-state index in [1.54, 1.807) is 13.3 Å². The van der Waals surface area contributed by atoms with Gasteiger partial charge in [0.15, 0.2) is 5.13 Å². The minimum absolute atomic E-state index is 0.120. The highest BCUT2D eigenvalue weighted by molar-refractivity contribution is 7.15. The molecule has 1 heterocycles. The summed E-state index contributed by atoms with van der Waals surface area (Å²) in [6, 6.07) is 7.40. The van der Waals surface area contributed by atoms with E-state index in [4.69, 9.17) is 4.74 Å². The summed E-state index contributed by atoms with van der Waals surface area (Å²) in [7, 11) is 1.62. The van der Waals surface area contributed by atoms with Crippen molar-refractivity contribution in [2.24, 2.45) is 0 Å². The maximum Gasteiger partial charge on any atom is 0.245 e. The normalized spacial score (nSPS) is 10.0. The molecule has 0 fully saturated rings. The number of hydrogen-bond acceptors (Lipinski definition) is 5. The van der Waals surface area contributed by atoms with E-state index in [9.17, 15) is 4.79 Å². The van der Waals surface area contributed by atoms with E-state index >= 15 is 0 Å². The van der Waals surface area contributed by atoms with Crippen molar-refractivity contribution in [1.29, 1.82) is 0 Å². The Hall–Kier alpha value is -2.08. The van der Waals surface area contributed by atoms with Gasteiger partial charge in [0.2, 0.25) is 5.91 Å². The Morgan fingerprint density at radius 2 is 2.11 bits per heavy atom. The van der Waals surface area contributed by atoms with Crippen LogP contribution in [0.5, 0.6) is 5.75 Å². The van der Waals surface area contributed by atoms with Gasteiger partial charge in [-0.2, -0.15) is 0 Å². The van der Waals surface area contributed by atoms with Crippen LogP contribution in [0.4, 0.5) is 10.8 Å². The van der Waals surface area contributed by atoms with Crippen LogP contribution in [-0.2, 0) is 4.79 Å². The molecule has 0 saturated carbocycles. The van der Waals surface area contributed by atoms with Crippen LogP contribution in [0.2, 0.25) is 0 Å². The van der Waals surface area contributed by atoms with Gasteiger partial charge in [-0.25, -0.2) is 4.98 Å². The van der Waals surface area contributed by atoms with Crippen LogP contribution < -0.4 is 15.4 Å². The largest absolute Gasteiger partial charge is 0.497 e. The minimum Gasteiger partial charge on any atom is -0.497 e. The Morgan fingerprint density at radius 3 is 2.68 bits per heavy atom. The van der Waals surface area contributed by atoms with Gasteiger partial charge in [-0.1, -0.05) is 0 Å². The number of aryl methyl sites for hydroxylation is 1. The second kappa shape index (κ2) is 6.19. The van der Waals surface area contributed by atoms with Crippen LogP contribution in [0.3, 0.4) is 0 Å². The van der Waals surface area contributed by atoms with E-state index in [1.165, 1.54) is 11.3 Å². The first-order valence-electron chi connectivity index (χ1n) is 5.77. The molecule has 0 aliphatic carbocycles. The third-order valence-electron chi connectivity index (χ3n) is 2.41. The third kappa shape index (κ3) is 3.96. The molecule has 2 rings (SSSR count). The highest BCUT2D eigenvalue weighted by atomic mass is 32.1. The number of benzene rings is 1. The van der Waals surface area contributed by atoms with Crippen molar-refractivity contribution in [2.75, 3.05) is 24.3 Å². The minimum atomic E-state index is -0.120. The van der Waals surface area contributed by atoms with Crippen LogP contribution in [0.15, 0.2) is 30.5 Å². The molecule has 0 aliphatic heterocycles. The number of anilines is 2. The highest BCUT2D eigenvalue weighted by Crippen LogP contribution is 2.17. The smallest absolute Gasteiger partial charge is 0.245 e. The summed E-state index contributed by atoms with van der Waals surface area (Å²) in [6.07, 6.45) is 1.73. The van der Waals surface area contributed by atoms with E-state index in [0.29, 0.717) is 5.13 Å². The third-order valence-corrected chi connectivity index (χ3v) is 3.24. The number of amides is 1. The summed E-state index contributed by atoms with van der Waals surface area (Å²) in [5.41, 5.74) is 0.867. The monoisotopic (exact) mass is 277 g/mol. The van der Waals surface area contributed by atoms with Gasteiger partial charge >= 0.3 is 0 Å². The molecule has 2 aromatic rings. The lowest BCUT2D eigenvalue weighted by atomic mass is 10.3. The molecule has 0 aliphatic rings. The fraction of sp³-hybridized carbons (Fsp3) is 0.231. The van der Waals surface area contributed by atoms with E-state index in [-0.39, 0.29) is 12.5 Å². The lowest BCUT2D eigenvalue weighted by molar-refractivity contribution is -0.114. The zero-order valence-corrected chi connectivity index (χ0v) is 11.6. The molecule has 6 heteroatoms. The molecule has 19 heavy (non-hydrogen) atoms. The molecule has 0 saturated heterocycles. The Labute approximate surface area is 115 Å². The highest BCUT2D eigenvalue weighted by Gasteiger charge is 2.05. The van der Waals surface area contributed by atoms with Crippen LogP contribution in [-0.4, -0.2) is 24.5 Å². The average Bonchev–Trinajstić information content (AvgIpc) is 2.82. The molecule has 1 aromatic heterocycles. The van der Waals surface area contributed by atoms with Crippen LogP contribution in [0, 0.1) is 6.92 Å². The van der Waals surface area contributed by atoms with E-state index in [1.807, 2.05) is 31.2 Å². The lowest BCUT2D eigenvalue weighted by Crippen LogP contribution is -2.21. The van der Waals surface area contributed by atoms with Gasteiger partial charge in [0, 0.05) is 16.8 Å². The Morgan fingerprint density at radius 1 is 1.37 bits per heavy atom. The summed E-state index contributed by atoms with van der Waals surface area (Å²) in [5, 5.41) is 6.39. The summed E-state index contributed by atoms with van der Waals surface area (Å²) in [6.45, 7) is 2.15. The molecule has 2 N–H and O–H groups in total. The van der Waals surface area contributed by atoms with Crippen molar-refractivity contribution < 1.29 is 9.53 Å². The molecule has 0 atom stereocenters. The predicted octanol–water partition coefficient (Wildman–Crippen LogP) is 2.51. The van der Waals surface area contributed by atoms with Gasteiger partial charge in [-0.3, -0.25) is 4.79 Å². The van der Waals surface area contributed by atoms with E-state index < -0.39 is 0 Å². The first-order valence-corrected chi connectivity index (χ1v) is 6.59. The van der Waals surface area contributed by atoms with Gasteiger partial charge in [-0.15, -0.1) is 11.3 Å². The molecule has 0 radical (unpaired) electrons. The van der Waals surface area contributed by atoms with Crippen molar-refractivity contribution in [2.45, 2.75) is 6.92 Å². The second-order valence-electron chi connectivity index (χ2n) is 3.91. The quantitative estimate of drug-likeness (QED) is 0.881. The Balaban J connectivity index is 1.82. The molecular formula is C13H15N3O2S. The Kier molecular flexibility index (Phi) is 4.35. The van der Waals surface area contributed by atoms with Crippen LogP contribution >= 0.6 is 11.3 Å². The average molecular weight is 277 g/mol. The Bertz CT molecular complexity index is 551. The number of carbonyl (C=O) groups is 1. The molecule has 1 amide bonds. The van der Waals surface area contributed by atoms with Crippen molar-refractivity contribution >= 4 is 28.1 Å². The zero-order chi connectivity index (χ0) is 13.7. The zero-order valence-electron chi connectivity index (χ0n) is 10.8. The topological polar surface area (TPSA) is 63.2 Å². The number of carbonyl (C=O) groups excluding carboxylic acids is 1. The van der Waals surface area contributed by atoms with Crippen LogP contribution in [0.1, 0.15) is 4.88 Å². The first-order chi connectivity index (χ1) is 9.17. The molecule has 0 bridgehead atoms. The number of methoxy groups -OCH3 is 1. The van der Waals surface area contributed by atoms with Crippen molar-refractivity contribution in [1.82, 2.24) is 4.98 Å². The molecule has 5 nitrogen and oxygen atoms in total. The summed E-state index contributed by atoms with van der Waals surface area (Å²) in [5.74, 6) is 0.665. The molecular weight excluding hydrogens is 262 g/mol. The number of nitrogens with zero attached hydrogens (tertiary/aromatic N) is 1. The number of hydrogen-bond donors (Lipinski definition) is 2. The molecule has 100 valence electrons. The fourth-order valence-corrected chi connectivity index (χ4v) is 2.15. The van der Waals surface area contributed by atoms with E-state index in [0.717, 1.165) is 16.3 Å². The number of nitrogens with one attached hydrogen (secondary N) is 2. The van der Waals surface area contributed by atoms with Gasteiger partial charge in [0.1, 0.15) is 5.75 Å². The predicted molar refractivity (Wildman–Crippen MR) is 77.0 cm³/mol. The van der Waals surface area contributed by atoms with Gasteiger partial charge in [0.05, 0.1) is 13.7 Å². The molecule has 0 spiro atoms. The van der Waals surface area contributed by atoms with E-state index in [2.05, 4.69) is 15.6 Å². The van der Waals surface area contributed by atoms with Gasteiger partial charge < -0.3 is 15.4 Å². The maximum absolute atomic E-state index is 11.7. The SMILES string of the molecule is COc1ccc(NCC(=O)Nc2ncc(C)s2)cc1. The maximum atomic E-state index is 11.7. The lowest BCUT2D eigenvalue weighted by Gasteiger charge is -2.06. The van der Waals surface area contributed by atoms with Gasteiger partial charge in [-0.05, 0) is 31.2 Å². The number of rotatable bonds is 5. The number of ether oxygens (including phenoxy) is 1. The van der Waals surface area contributed by atoms with Gasteiger partial charge in [0.25, 0.3) is 0 Å². The standard InChI is InChI=1S/C13H15N3O2S/c1-9-7-15-13(19-9)16-12(17)8-14-10-3-5-11(18-2)6-4-10/h3-7,14H,8H2,1-2H3,(H,15,16,17). The number of thiazole rings is 1. The van der Waals surface area contributed by atoms with Crippen molar-refractivity contribution in [3.05, 3.63) is 35.3 Å². The first kappa shape index (κ1) is 13.4. The number of aromatic nitrogens is 1. The second-order valence-corrected chi connectivity index (χ2v) is 5.14. The van der Waals surface area contributed by atoms with Crippen LogP contribution in [0.25, 0.3) is 0 Å². The fourth-order valence-electron chi connectivity index (χ4n) is 1.47.